The van der Waals surface area contributed by atoms with Crippen LogP contribution in [0, 0.1) is 6.92 Å². The molecule has 84 valence electrons. The van der Waals surface area contributed by atoms with Crippen LogP contribution in [0.25, 0.3) is 0 Å². The number of aliphatic imine (C=N–C) groups is 1. The van der Waals surface area contributed by atoms with E-state index in [1.165, 1.54) is 0 Å². The van der Waals surface area contributed by atoms with Gasteiger partial charge in [-0.15, -0.1) is 0 Å². The number of aliphatic carboxylic acids is 1. The smallest absolute Gasteiger partial charge is 0.332 e. The van der Waals surface area contributed by atoms with Crippen LogP contribution in [0.15, 0.2) is 29.3 Å². The molecule has 0 spiro atoms. The monoisotopic (exact) mass is 219 g/mol. The van der Waals surface area contributed by atoms with Crippen molar-refractivity contribution in [2.45, 2.75) is 26.0 Å². The molecule has 0 aromatic heterocycles. The molecule has 1 N–H and O–H groups in total. The van der Waals surface area contributed by atoms with E-state index in [2.05, 4.69) is 4.99 Å². The van der Waals surface area contributed by atoms with Gasteiger partial charge in [0.25, 0.3) is 0 Å². The van der Waals surface area contributed by atoms with E-state index in [1.54, 1.807) is 6.92 Å². The first-order valence-corrected chi connectivity index (χ1v) is 5.12. The summed E-state index contributed by atoms with van der Waals surface area (Å²) >= 11 is 0. The molecule has 0 bridgehead atoms. The summed E-state index contributed by atoms with van der Waals surface area (Å²) in [5, 5.41) is 8.92. The van der Waals surface area contributed by atoms with Crippen molar-refractivity contribution in [3.8, 4) is 0 Å². The number of rotatable bonds is 2. The fourth-order valence-electron chi connectivity index (χ4n) is 1.68. The predicted molar refractivity (Wildman–Crippen MR) is 59.7 cm³/mol. The summed E-state index contributed by atoms with van der Waals surface area (Å²) in [7, 11) is 0. The molecule has 1 aromatic rings. The van der Waals surface area contributed by atoms with Crippen molar-refractivity contribution in [2.24, 2.45) is 4.99 Å². The van der Waals surface area contributed by atoms with Crippen LogP contribution in [0.5, 0.6) is 0 Å². The molecule has 0 saturated heterocycles. The van der Waals surface area contributed by atoms with E-state index in [4.69, 9.17) is 9.84 Å². The van der Waals surface area contributed by atoms with Crippen molar-refractivity contribution < 1.29 is 14.6 Å². The van der Waals surface area contributed by atoms with Crippen LogP contribution >= 0.6 is 0 Å². The van der Waals surface area contributed by atoms with Crippen LogP contribution in [0.3, 0.4) is 0 Å². The number of benzene rings is 1. The predicted octanol–water partition coefficient (Wildman–Crippen LogP) is 1.61. The summed E-state index contributed by atoms with van der Waals surface area (Å²) in [5.41, 5.74) is 1.92. The molecular weight excluding hydrogens is 206 g/mol. The number of carboxylic acid groups (broad SMARTS) is 1. The number of ether oxygens (including phenoxy) is 1. The summed E-state index contributed by atoms with van der Waals surface area (Å²) in [4.78, 5) is 14.9. The molecule has 0 aliphatic carbocycles. The third-order valence-corrected chi connectivity index (χ3v) is 2.52. The van der Waals surface area contributed by atoms with Gasteiger partial charge in [-0.25, -0.2) is 9.79 Å². The van der Waals surface area contributed by atoms with E-state index in [0.29, 0.717) is 5.90 Å². The Kier molecular flexibility index (Phi) is 2.64. The lowest BCUT2D eigenvalue weighted by atomic mass is 10.1. The second-order valence-corrected chi connectivity index (χ2v) is 3.91. The van der Waals surface area contributed by atoms with Gasteiger partial charge in [0.1, 0.15) is 6.10 Å². The Labute approximate surface area is 93.6 Å². The maximum atomic E-state index is 10.9. The van der Waals surface area contributed by atoms with Crippen molar-refractivity contribution in [1.29, 1.82) is 0 Å². The van der Waals surface area contributed by atoms with E-state index in [1.807, 2.05) is 31.2 Å². The molecule has 1 heterocycles. The van der Waals surface area contributed by atoms with Gasteiger partial charge in [0, 0.05) is 5.56 Å². The van der Waals surface area contributed by atoms with E-state index in [0.717, 1.165) is 11.1 Å². The molecule has 2 rings (SSSR count). The number of hydrogen-bond donors (Lipinski definition) is 1. The molecule has 1 aliphatic rings. The van der Waals surface area contributed by atoms with Gasteiger partial charge in [0.05, 0.1) is 0 Å². The standard InChI is InChI=1S/C12H13NO3/c1-7-4-3-5-9(6-7)11-13-10(12(14)15)8(2)16-11/h3-6,8,10H,1-2H3,(H,14,15). The fraction of sp³-hybridized carbons (Fsp3) is 0.333. The molecule has 4 nitrogen and oxygen atoms in total. The molecule has 1 aliphatic heterocycles. The first kappa shape index (κ1) is 10.7. The maximum absolute atomic E-state index is 10.9. The molecule has 0 saturated carbocycles. The van der Waals surface area contributed by atoms with Gasteiger partial charge >= 0.3 is 5.97 Å². The number of hydrogen-bond acceptors (Lipinski definition) is 3. The summed E-state index contributed by atoms with van der Waals surface area (Å²) in [6.07, 6.45) is -0.409. The van der Waals surface area contributed by atoms with Gasteiger partial charge in [-0.05, 0) is 26.0 Å². The second-order valence-electron chi connectivity index (χ2n) is 3.91. The summed E-state index contributed by atoms with van der Waals surface area (Å²) in [5.74, 6) is -0.529. The van der Waals surface area contributed by atoms with Crippen molar-refractivity contribution in [2.75, 3.05) is 0 Å². The van der Waals surface area contributed by atoms with Gasteiger partial charge in [0.15, 0.2) is 6.04 Å². The minimum atomic E-state index is -0.949. The topological polar surface area (TPSA) is 58.9 Å². The van der Waals surface area contributed by atoms with Crippen LogP contribution in [0.2, 0.25) is 0 Å². The average Bonchev–Trinajstić information content (AvgIpc) is 2.60. The maximum Gasteiger partial charge on any atom is 0.332 e. The van der Waals surface area contributed by atoms with Crippen LogP contribution in [0.4, 0.5) is 0 Å². The Morgan fingerprint density at radius 1 is 1.50 bits per heavy atom. The second kappa shape index (κ2) is 3.96. The van der Waals surface area contributed by atoms with E-state index >= 15 is 0 Å². The Morgan fingerprint density at radius 3 is 2.81 bits per heavy atom. The fourth-order valence-corrected chi connectivity index (χ4v) is 1.68. The number of nitrogens with zero attached hydrogens (tertiary/aromatic N) is 1. The van der Waals surface area contributed by atoms with E-state index < -0.39 is 18.1 Å². The zero-order valence-electron chi connectivity index (χ0n) is 9.18. The lowest BCUT2D eigenvalue weighted by Gasteiger charge is -2.08. The molecule has 0 amide bonds. The summed E-state index contributed by atoms with van der Waals surface area (Å²) in [6, 6.07) is 6.86. The Bertz CT molecular complexity index is 453. The van der Waals surface area contributed by atoms with E-state index in [-0.39, 0.29) is 0 Å². The summed E-state index contributed by atoms with van der Waals surface area (Å²) in [6.45, 7) is 3.68. The normalized spacial score (nSPS) is 23.8. The third kappa shape index (κ3) is 1.91. The Balaban J connectivity index is 2.30. The van der Waals surface area contributed by atoms with Crippen molar-refractivity contribution in [3.63, 3.8) is 0 Å². The highest BCUT2D eigenvalue weighted by molar-refractivity contribution is 5.97. The van der Waals surface area contributed by atoms with Gasteiger partial charge in [-0.1, -0.05) is 17.7 Å². The minimum absolute atomic E-state index is 0.409. The SMILES string of the molecule is Cc1cccc(C2=NC(C(=O)O)C(C)O2)c1. The molecule has 0 radical (unpaired) electrons. The van der Waals surface area contributed by atoms with Gasteiger partial charge < -0.3 is 9.84 Å². The minimum Gasteiger partial charge on any atom is -0.480 e. The number of aryl methyl sites for hydroxylation is 1. The number of carboxylic acids is 1. The molecule has 0 fully saturated rings. The van der Waals surface area contributed by atoms with Crippen LogP contribution in [-0.2, 0) is 9.53 Å². The zero-order chi connectivity index (χ0) is 11.7. The highest BCUT2D eigenvalue weighted by Gasteiger charge is 2.33. The van der Waals surface area contributed by atoms with Gasteiger partial charge in [0.2, 0.25) is 5.90 Å². The third-order valence-electron chi connectivity index (χ3n) is 2.52. The first-order chi connectivity index (χ1) is 7.58. The van der Waals surface area contributed by atoms with Gasteiger partial charge in [-0.3, -0.25) is 0 Å². The lowest BCUT2D eigenvalue weighted by molar-refractivity contribution is -0.139. The van der Waals surface area contributed by atoms with Crippen LogP contribution < -0.4 is 0 Å². The van der Waals surface area contributed by atoms with Crippen molar-refractivity contribution >= 4 is 11.9 Å². The molecular formula is C12H13NO3. The molecule has 1 aromatic carbocycles. The van der Waals surface area contributed by atoms with Crippen LogP contribution in [0.1, 0.15) is 18.1 Å². The highest BCUT2D eigenvalue weighted by atomic mass is 16.5. The Morgan fingerprint density at radius 2 is 2.25 bits per heavy atom. The highest BCUT2D eigenvalue weighted by Crippen LogP contribution is 2.18. The molecule has 4 heteroatoms. The molecule has 2 unspecified atom stereocenters. The summed E-state index contributed by atoms with van der Waals surface area (Å²) < 4.78 is 5.45. The number of carbonyl (C=O) groups is 1. The van der Waals surface area contributed by atoms with Crippen LogP contribution in [-0.4, -0.2) is 29.1 Å². The van der Waals surface area contributed by atoms with Gasteiger partial charge in [-0.2, -0.15) is 0 Å². The largest absolute Gasteiger partial charge is 0.480 e. The Hall–Kier alpha value is -1.84. The average molecular weight is 219 g/mol. The first-order valence-electron chi connectivity index (χ1n) is 5.12. The molecule has 16 heavy (non-hydrogen) atoms. The van der Waals surface area contributed by atoms with Crippen molar-refractivity contribution in [1.82, 2.24) is 0 Å². The quantitative estimate of drug-likeness (QED) is 0.822. The molecule has 2 atom stereocenters. The van der Waals surface area contributed by atoms with Crippen molar-refractivity contribution in [3.05, 3.63) is 35.4 Å². The zero-order valence-corrected chi connectivity index (χ0v) is 9.18. The lowest BCUT2D eigenvalue weighted by Crippen LogP contribution is -2.27. The van der Waals surface area contributed by atoms with E-state index in [9.17, 15) is 4.79 Å².